The van der Waals surface area contributed by atoms with E-state index in [1.54, 1.807) is 0 Å². The van der Waals surface area contributed by atoms with Gasteiger partial charge in [0.25, 0.3) is 0 Å². The minimum Gasteiger partial charge on any atom is -0.329 e. The van der Waals surface area contributed by atoms with E-state index in [9.17, 15) is 9.59 Å². The van der Waals surface area contributed by atoms with Gasteiger partial charge in [-0.25, -0.2) is 0 Å². The molecular formula is C17H28N2O2. The third-order valence-electron chi connectivity index (χ3n) is 6.07. The highest BCUT2D eigenvalue weighted by Gasteiger charge is 2.49. The molecule has 0 aromatic rings. The summed E-state index contributed by atoms with van der Waals surface area (Å²) in [5.74, 6) is 0.419. The number of hydrogen-bond donors (Lipinski definition) is 0. The van der Waals surface area contributed by atoms with Gasteiger partial charge in [0.05, 0.1) is 0 Å². The summed E-state index contributed by atoms with van der Waals surface area (Å²) in [5.41, 5.74) is 0.268. The van der Waals surface area contributed by atoms with E-state index < -0.39 is 0 Å². The molecule has 0 aromatic heterocycles. The topological polar surface area (TPSA) is 40.6 Å². The molecule has 1 saturated carbocycles. The first-order chi connectivity index (χ1) is 10.1. The molecule has 0 N–H and O–H groups in total. The predicted octanol–water partition coefficient (Wildman–Crippen LogP) is 2.57. The first-order valence-corrected chi connectivity index (χ1v) is 8.73. The fourth-order valence-corrected chi connectivity index (χ4v) is 4.65. The van der Waals surface area contributed by atoms with E-state index in [-0.39, 0.29) is 29.3 Å². The average molecular weight is 292 g/mol. The lowest BCUT2D eigenvalue weighted by molar-refractivity contribution is -0.161. The van der Waals surface area contributed by atoms with Crippen LogP contribution in [0.25, 0.3) is 0 Å². The molecule has 4 nitrogen and oxygen atoms in total. The summed E-state index contributed by atoms with van der Waals surface area (Å²) in [6.07, 6.45) is 8.68. The Labute approximate surface area is 127 Å². The Morgan fingerprint density at radius 1 is 1.10 bits per heavy atom. The van der Waals surface area contributed by atoms with Crippen molar-refractivity contribution in [2.75, 3.05) is 13.1 Å². The SMILES string of the molecule is CCC1C(=O)N2CCCC2C(=O)N1CC1(CC)CCCC1. The van der Waals surface area contributed by atoms with Crippen molar-refractivity contribution in [2.45, 2.75) is 77.3 Å². The molecule has 2 saturated heterocycles. The van der Waals surface area contributed by atoms with Gasteiger partial charge in [-0.05, 0) is 43.9 Å². The van der Waals surface area contributed by atoms with Crippen molar-refractivity contribution in [1.29, 1.82) is 0 Å². The van der Waals surface area contributed by atoms with Crippen molar-refractivity contribution in [3.8, 4) is 0 Å². The van der Waals surface area contributed by atoms with E-state index in [1.165, 1.54) is 25.7 Å². The molecule has 2 atom stereocenters. The van der Waals surface area contributed by atoms with Crippen LogP contribution in [0.15, 0.2) is 0 Å². The molecule has 0 spiro atoms. The van der Waals surface area contributed by atoms with E-state index in [2.05, 4.69) is 6.92 Å². The van der Waals surface area contributed by atoms with E-state index >= 15 is 0 Å². The van der Waals surface area contributed by atoms with Gasteiger partial charge in [0.15, 0.2) is 0 Å². The average Bonchev–Trinajstić information content (AvgIpc) is 3.15. The van der Waals surface area contributed by atoms with Crippen molar-refractivity contribution in [3.05, 3.63) is 0 Å². The van der Waals surface area contributed by atoms with Gasteiger partial charge in [-0.2, -0.15) is 0 Å². The van der Waals surface area contributed by atoms with Crippen molar-refractivity contribution in [2.24, 2.45) is 5.41 Å². The Hall–Kier alpha value is -1.06. The van der Waals surface area contributed by atoms with Gasteiger partial charge >= 0.3 is 0 Å². The van der Waals surface area contributed by atoms with Crippen LogP contribution in [0.1, 0.15) is 65.2 Å². The van der Waals surface area contributed by atoms with Crippen LogP contribution in [0.4, 0.5) is 0 Å². The lowest BCUT2D eigenvalue weighted by Crippen LogP contribution is -2.64. The van der Waals surface area contributed by atoms with E-state index in [0.717, 1.165) is 38.8 Å². The highest BCUT2D eigenvalue weighted by Crippen LogP contribution is 2.43. The zero-order chi connectivity index (χ0) is 15.0. The number of fused-ring (bicyclic) bond motifs is 1. The van der Waals surface area contributed by atoms with Crippen molar-refractivity contribution in [3.63, 3.8) is 0 Å². The van der Waals surface area contributed by atoms with Crippen LogP contribution < -0.4 is 0 Å². The standard InChI is InChI=1S/C17H28N2O2/c1-3-13-15(20)18-11-7-8-14(18)16(21)19(13)12-17(4-2)9-5-6-10-17/h13-14H,3-12H2,1-2H3. The number of piperazine rings is 1. The quantitative estimate of drug-likeness (QED) is 0.799. The summed E-state index contributed by atoms with van der Waals surface area (Å²) in [6.45, 7) is 5.85. The second-order valence-corrected chi connectivity index (χ2v) is 7.14. The lowest BCUT2D eigenvalue weighted by Gasteiger charge is -2.45. The second kappa shape index (κ2) is 5.62. The monoisotopic (exact) mass is 292 g/mol. The van der Waals surface area contributed by atoms with E-state index in [1.807, 2.05) is 16.7 Å². The summed E-state index contributed by atoms with van der Waals surface area (Å²) in [7, 11) is 0. The maximum absolute atomic E-state index is 12.9. The van der Waals surface area contributed by atoms with Crippen LogP contribution in [-0.2, 0) is 9.59 Å². The minimum atomic E-state index is -0.212. The van der Waals surface area contributed by atoms with E-state index in [0.29, 0.717) is 0 Å². The van der Waals surface area contributed by atoms with Gasteiger partial charge in [0.2, 0.25) is 11.8 Å². The lowest BCUT2D eigenvalue weighted by atomic mass is 9.82. The van der Waals surface area contributed by atoms with Crippen LogP contribution in [0.5, 0.6) is 0 Å². The van der Waals surface area contributed by atoms with Crippen LogP contribution in [0, 0.1) is 5.41 Å². The Morgan fingerprint density at radius 3 is 2.43 bits per heavy atom. The van der Waals surface area contributed by atoms with Crippen LogP contribution in [0.2, 0.25) is 0 Å². The summed E-state index contributed by atoms with van der Waals surface area (Å²) in [6, 6.07) is -0.369. The number of carbonyl (C=O) groups excluding carboxylic acids is 2. The molecule has 4 heteroatoms. The van der Waals surface area contributed by atoms with Gasteiger partial charge in [-0.3, -0.25) is 9.59 Å². The third-order valence-corrected chi connectivity index (χ3v) is 6.07. The molecule has 0 bridgehead atoms. The largest absolute Gasteiger partial charge is 0.329 e. The number of nitrogens with zero attached hydrogens (tertiary/aromatic N) is 2. The molecule has 3 rings (SSSR count). The first kappa shape index (κ1) is 14.9. The van der Waals surface area contributed by atoms with E-state index in [4.69, 9.17) is 0 Å². The molecule has 2 amide bonds. The molecule has 1 aliphatic carbocycles. The maximum Gasteiger partial charge on any atom is 0.246 e. The summed E-state index contributed by atoms with van der Waals surface area (Å²) in [5, 5.41) is 0. The predicted molar refractivity (Wildman–Crippen MR) is 81.7 cm³/mol. The third kappa shape index (κ3) is 2.36. The molecule has 118 valence electrons. The number of rotatable bonds is 4. The fourth-order valence-electron chi connectivity index (χ4n) is 4.65. The van der Waals surface area contributed by atoms with Gasteiger partial charge in [-0.1, -0.05) is 26.7 Å². The molecule has 2 unspecified atom stereocenters. The maximum atomic E-state index is 12.9. The molecule has 2 heterocycles. The summed E-state index contributed by atoms with van der Waals surface area (Å²) in [4.78, 5) is 29.4. The van der Waals surface area contributed by atoms with Crippen LogP contribution >= 0.6 is 0 Å². The Balaban J connectivity index is 1.84. The molecule has 21 heavy (non-hydrogen) atoms. The highest BCUT2D eigenvalue weighted by atomic mass is 16.2. The highest BCUT2D eigenvalue weighted by molar-refractivity contribution is 5.97. The second-order valence-electron chi connectivity index (χ2n) is 7.14. The number of hydrogen-bond acceptors (Lipinski definition) is 2. The van der Waals surface area contributed by atoms with Gasteiger partial charge in [0, 0.05) is 13.1 Å². The Kier molecular flexibility index (Phi) is 3.98. The van der Waals surface area contributed by atoms with Crippen LogP contribution in [0.3, 0.4) is 0 Å². The summed E-state index contributed by atoms with van der Waals surface area (Å²) >= 11 is 0. The zero-order valence-electron chi connectivity index (χ0n) is 13.4. The molecular weight excluding hydrogens is 264 g/mol. The Morgan fingerprint density at radius 2 is 1.81 bits per heavy atom. The van der Waals surface area contributed by atoms with Crippen molar-refractivity contribution in [1.82, 2.24) is 9.80 Å². The minimum absolute atomic E-state index is 0.157. The molecule has 0 aromatic carbocycles. The summed E-state index contributed by atoms with van der Waals surface area (Å²) < 4.78 is 0. The fraction of sp³-hybridized carbons (Fsp3) is 0.882. The molecule has 3 fully saturated rings. The number of amides is 2. The van der Waals surface area contributed by atoms with Crippen molar-refractivity contribution >= 4 is 11.8 Å². The van der Waals surface area contributed by atoms with Crippen molar-refractivity contribution < 1.29 is 9.59 Å². The molecule has 2 aliphatic heterocycles. The smallest absolute Gasteiger partial charge is 0.246 e. The van der Waals surface area contributed by atoms with Gasteiger partial charge in [0.1, 0.15) is 12.1 Å². The van der Waals surface area contributed by atoms with Crippen LogP contribution in [-0.4, -0.2) is 46.8 Å². The number of carbonyl (C=O) groups is 2. The zero-order valence-corrected chi connectivity index (χ0v) is 13.4. The normalized spacial score (nSPS) is 31.9. The van der Waals surface area contributed by atoms with Gasteiger partial charge in [-0.15, -0.1) is 0 Å². The van der Waals surface area contributed by atoms with Gasteiger partial charge < -0.3 is 9.80 Å². The first-order valence-electron chi connectivity index (χ1n) is 8.73. The molecule has 0 radical (unpaired) electrons. The Bertz CT molecular complexity index is 429. The molecule has 3 aliphatic rings.